The molecule has 0 spiro atoms. The molecule has 0 radical (unpaired) electrons. The largest absolute Gasteiger partial charge is 0.492 e. The number of carbonyl (C=O) groups is 2. The number of ether oxygens (including phenoxy) is 2. The highest BCUT2D eigenvalue weighted by Crippen LogP contribution is 2.35. The summed E-state index contributed by atoms with van der Waals surface area (Å²) in [4.78, 5) is 24.6. The zero-order valence-electron chi connectivity index (χ0n) is 18.9. The van der Waals surface area contributed by atoms with Crippen molar-refractivity contribution in [1.29, 1.82) is 0 Å². The van der Waals surface area contributed by atoms with Crippen LogP contribution in [-0.4, -0.2) is 56.6 Å². The average Bonchev–Trinajstić information content (AvgIpc) is 3.29. The van der Waals surface area contributed by atoms with Crippen molar-refractivity contribution in [1.82, 2.24) is 10.8 Å². The lowest BCUT2D eigenvalue weighted by molar-refractivity contribution is -0.134. The van der Waals surface area contributed by atoms with Gasteiger partial charge >= 0.3 is 0 Å². The Hall–Kier alpha value is -2.99. The summed E-state index contributed by atoms with van der Waals surface area (Å²) in [5, 5.41) is 15.0. The maximum Gasteiger partial charge on any atom is 0.265 e. The Morgan fingerprint density at radius 2 is 1.80 bits per heavy atom. The number of hydrogen-bond donors (Lipinski definition) is 3. The minimum atomic E-state index is -4.09. The topological polar surface area (TPSA) is 131 Å². The van der Waals surface area contributed by atoms with Gasteiger partial charge in [0.1, 0.15) is 12.4 Å². The third-order valence-electron chi connectivity index (χ3n) is 6.07. The molecular weight excluding hydrogens is 492 g/mol. The highest BCUT2D eigenvalue weighted by Gasteiger charge is 2.52. The van der Waals surface area contributed by atoms with Gasteiger partial charge in [0.25, 0.3) is 5.91 Å². The molecule has 35 heavy (non-hydrogen) atoms. The number of sulfone groups is 1. The van der Waals surface area contributed by atoms with Gasteiger partial charge in [-0.2, -0.15) is 0 Å². The molecule has 9 nitrogen and oxygen atoms in total. The fourth-order valence-electron chi connectivity index (χ4n) is 4.13. The molecule has 11 heteroatoms. The van der Waals surface area contributed by atoms with Crippen molar-refractivity contribution in [2.24, 2.45) is 0 Å². The Kier molecular flexibility index (Phi) is 7.70. The standard InChI is InChI=1S/C24H26N2O7S2/c27-22(15-17-16-34-21-4-2-1-3-20(17)21)25-11-14-33-18-5-7-19(8-6-18)35(30,31)24(23(28)26-29)9-12-32-13-10-24/h1-8,16,29H,9-15H2,(H,25,27)(H,26,28). The Morgan fingerprint density at radius 3 is 2.51 bits per heavy atom. The molecule has 0 saturated carbocycles. The Morgan fingerprint density at radius 1 is 1.09 bits per heavy atom. The number of hydroxylamine groups is 1. The van der Waals surface area contributed by atoms with Gasteiger partial charge in [-0.25, -0.2) is 13.9 Å². The molecule has 3 N–H and O–H groups in total. The first kappa shape index (κ1) is 25.1. The SMILES string of the molecule is O=C(Cc1csc2ccccc12)NCCOc1ccc(S(=O)(=O)C2(C(=O)NO)CCOCC2)cc1. The minimum Gasteiger partial charge on any atom is -0.492 e. The van der Waals surface area contributed by atoms with Crippen LogP contribution in [-0.2, 0) is 30.6 Å². The van der Waals surface area contributed by atoms with Gasteiger partial charge in [0, 0.05) is 17.9 Å². The highest BCUT2D eigenvalue weighted by molar-refractivity contribution is 7.93. The second-order valence-corrected chi connectivity index (χ2v) is 11.3. The van der Waals surface area contributed by atoms with E-state index in [4.69, 9.17) is 14.7 Å². The molecular formula is C24H26N2O7S2. The van der Waals surface area contributed by atoms with Crippen molar-refractivity contribution in [2.45, 2.75) is 28.9 Å². The molecule has 3 aromatic rings. The van der Waals surface area contributed by atoms with Gasteiger partial charge < -0.3 is 14.8 Å². The second-order valence-electron chi connectivity index (χ2n) is 8.15. The molecule has 0 bridgehead atoms. The van der Waals surface area contributed by atoms with Gasteiger partial charge in [0.15, 0.2) is 14.6 Å². The summed E-state index contributed by atoms with van der Waals surface area (Å²) in [6, 6.07) is 13.7. The summed E-state index contributed by atoms with van der Waals surface area (Å²) in [6.45, 7) is 0.696. The summed E-state index contributed by atoms with van der Waals surface area (Å²) >= 11 is 1.61. The van der Waals surface area contributed by atoms with Gasteiger partial charge in [-0.15, -0.1) is 11.3 Å². The number of nitrogens with one attached hydrogen (secondary N) is 2. The van der Waals surface area contributed by atoms with Crippen LogP contribution in [0.2, 0.25) is 0 Å². The number of benzene rings is 2. The first-order valence-electron chi connectivity index (χ1n) is 11.1. The Labute approximate surface area is 206 Å². The number of fused-ring (bicyclic) bond motifs is 1. The normalized spacial score (nSPS) is 15.5. The fraction of sp³-hybridized carbons (Fsp3) is 0.333. The van der Waals surface area contributed by atoms with E-state index in [1.165, 1.54) is 29.7 Å². The minimum absolute atomic E-state index is 0.0494. The predicted octanol–water partition coefficient (Wildman–Crippen LogP) is 2.47. The third kappa shape index (κ3) is 5.18. The number of rotatable bonds is 9. The maximum atomic E-state index is 13.3. The van der Waals surface area contributed by atoms with Crippen molar-refractivity contribution in [3.05, 3.63) is 59.5 Å². The summed E-state index contributed by atoms with van der Waals surface area (Å²) in [7, 11) is -4.09. The quantitative estimate of drug-likeness (QED) is 0.225. The lowest BCUT2D eigenvalue weighted by Crippen LogP contribution is -2.54. The van der Waals surface area contributed by atoms with Crippen LogP contribution >= 0.6 is 11.3 Å². The van der Waals surface area contributed by atoms with Crippen molar-refractivity contribution in [3.8, 4) is 5.75 Å². The molecule has 0 unspecified atom stereocenters. The predicted molar refractivity (Wildman–Crippen MR) is 130 cm³/mol. The van der Waals surface area contributed by atoms with E-state index in [2.05, 4.69) is 5.32 Å². The molecule has 2 aromatic carbocycles. The van der Waals surface area contributed by atoms with Crippen molar-refractivity contribution in [3.63, 3.8) is 0 Å². The van der Waals surface area contributed by atoms with Crippen LogP contribution in [0.3, 0.4) is 0 Å². The van der Waals surface area contributed by atoms with Crippen LogP contribution in [0.1, 0.15) is 18.4 Å². The summed E-state index contributed by atoms with van der Waals surface area (Å²) < 4.78 is 36.7. The fourth-order valence-corrected chi connectivity index (χ4v) is 7.03. The van der Waals surface area contributed by atoms with Gasteiger partial charge in [-0.1, -0.05) is 18.2 Å². The van der Waals surface area contributed by atoms with Gasteiger partial charge in [0.05, 0.1) is 17.9 Å². The Balaban J connectivity index is 1.31. The Bertz CT molecular complexity index is 1300. The zero-order chi connectivity index (χ0) is 24.9. The van der Waals surface area contributed by atoms with Crippen LogP contribution in [0, 0.1) is 0 Å². The lowest BCUT2D eigenvalue weighted by atomic mass is 9.98. The van der Waals surface area contributed by atoms with Crippen molar-refractivity contribution < 1.29 is 32.7 Å². The van der Waals surface area contributed by atoms with E-state index in [0.29, 0.717) is 12.3 Å². The molecule has 1 aliphatic rings. The molecule has 1 aromatic heterocycles. The number of hydrogen-bond acceptors (Lipinski definition) is 8. The summed E-state index contributed by atoms with van der Waals surface area (Å²) in [6.07, 6.45) is 0.173. The van der Waals surface area contributed by atoms with Crippen LogP contribution < -0.4 is 15.5 Å². The van der Waals surface area contributed by atoms with E-state index >= 15 is 0 Å². The monoisotopic (exact) mass is 518 g/mol. The number of amides is 2. The van der Waals surface area contributed by atoms with E-state index < -0.39 is 20.5 Å². The zero-order valence-corrected chi connectivity index (χ0v) is 20.5. The molecule has 0 aliphatic carbocycles. The molecule has 1 aliphatic heterocycles. The van der Waals surface area contributed by atoms with E-state index in [9.17, 15) is 18.0 Å². The van der Waals surface area contributed by atoms with E-state index in [0.717, 1.165) is 15.6 Å². The third-order valence-corrected chi connectivity index (χ3v) is 9.60. The summed E-state index contributed by atoms with van der Waals surface area (Å²) in [5.41, 5.74) is 2.48. The van der Waals surface area contributed by atoms with Crippen molar-refractivity contribution in [2.75, 3.05) is 26.4 Å². The van der Waals surface area contributed by atoms with Gasteiger partial charge in [-0.3, -0.25) is 14.8 Å². The van der Waals surface area contributed by atoms with Crippen LogP contribution in [0.15, 0.2) is 58.8 Å². The van der Waals surface area contributed by atoms with Gasteiger partial charge in [-0.05, 0) is 59.5 Å². The highest BCUT2D eigenvalue weighted by atomic mass is 32.2. The molecule has 186 valence electrons. The smallest absolute Gasteiger partial charge is 0.265 e. The van der Waals surface area contributed by atoms with E-state index in [1.807, 2.05) is 29.6 Å². The molecule has 2 heterocycles. The van der Waals surface area contributed by atoms with Crippen molar-refractivity contribution >= 4 is 43.1 Å². The summed E-state index contributed by atoms with van der Waals surface area (Å²) in [5.74, 6) is -0.649. The number of thiophene rings is 1. The molecule has 1 fully saturated rings. The number of carbonyl (C=O) groups excluding carboxylic acids is 2. The maximum absolute atomic E-state index is 13.3. The molecule has 1 saturated heterocycles. The van der Waals surface area contributed by atoms with E-state index in [-0.39, 0.29) is 49.9 Å². The first-order valence-corrected chi connectivity index (χ1v) is 13.5. The van der Waals surface area contributed by atoms with Crippen LogP contribution in [0.4, 0.5) is 0 Å². The lowest BCUT2D eigenvalue weighted by Gasteiger charge is -2.34. The van der Waals surface area contributed by atoms with Crippen LogP contribution in [0.5, 0.6) is 5.75 Å². The molecule has 0 atom stereocenters. The second kappa shape index (κ2) is 10.7. The first-order chi connectivity index (χ1) is 16.9. The van der Waals surface area contributed by atoms with Gasteiger partial charge in [0.2, 0.25) is 5.91 Å². The average molecular weight is 519 g/mol. The van der Waals surface area contributed by atoms with Crippen LogP contribution in [0.25, 0.3) is 10.1 Å². The molecule has 2 amide bonds. The molecule has 4 rings (SSSR count). The van der Waals surface area contributed by atoms with E-state index in [1.54, 1.807) is 11.3 Å².